The molecule has 3 aliphatic heterocycles. The molecule has 0 radical (unpaired) electrons. The Balaban J connectivity index is 1.59. The van der Waals surface area contributed by atoms with E-state index in [1.165, 1.54) is 19.5 Å². The molecule has 0 aromatic carbocycles. The molecule has 3 fully saturated rings. The van der Waals surface area contributed by atoms with E-state index < -0.39 is 0 Å². The monoisotopic (exact) mass is 226 g/mol. The van der Waals surface area contributed by atoms with Crippen molar-refractivity contribution in [2.75, 3.05) is 45.9 Å². The Hall–Kier alpha value is -0.160. The lowest BCUT2D eigenvalue weighted by Gasteiger charge is -2.43. The minimum absolute atomic E-state index is 0.311. The number of nitrogens with zero attached hydrogens (tertiary/aromatic N) is 1. The number of ether oxygens (including phenoxy) is 2. The maximum absolute atomic E-state index is 5.87. The molecule has 3 heterocycles. The van der Waals surface area contributed by atoms with E-state index in [-0.39, 0.29) is 0 Å². The molecule has 4 heteroatoms. The minimum atomic E-state index is 0.311. The first-order valence-electron chi connectivity index (χ1n) is 6.40. The Morgan fingerprint density at radius 3 is 2.69 bits per heavy atom. The highest BCUT2D eigenvalue weighted by atomic mass is 16.6. The van der Waals surface area contributed by atoms with Crippen LogP contribution in [-0.4, -0.2) is 63.0 Å². The van der Waals surface area contributed by atoms with Gasteiger partial charge in [0.05, 0.1) is 25.4 Å². The predicted octanol–water partition coefficient (Wildman–Crippen LogP) is 0.0856. The Labute approximate surface area is 97.3 Å². The molecule has 3 aliphatic rings. The van der Waals surface area contributed by atoms with Crippen molar-refractivity contribution >= 4 is 0 Å². The molecule has 3 unspecified atom stereocenters. The van der Waals surface area contributed by atoms with E-state index in [4.69, 9.17) is 9.47 Å². The molecule has 0 aromatic heterocycles. The molecular formula is C12H22N2O2. The predicted molar refractivity (Wildman–Crippen MR) is 61.5 cm³/mol. The van der Waals surface area contributed by atoms with Crippen molar-refractivity contribution in [3.8, 4) is 0 Å². The topological polar surface area (TPSA) is 33.7 Å². The van der Waals surface area contributed by atoms with Crippen LogP contribution in [-0.2, 0) is 9.47 Å². The summed E-state index contributed by atoms with van der Waals surface area (Å²) in [4.78, 5) is 2.58. The summed E-state index contributed by atoms with van der Waals surface area (Å²) in [6.45, 7) is 9.60. The molecule has 3 rings (SSSR count). The summed E-state index contributed by atoms with van der Waals surface area (Å²) in [7, 11) is 0. The highest BCUT2D eigenvalue weighted by Gasteiger charge is 2.36. The minimum Gasteiger partial charge on any atom is -0.376 e. The second-order valence-corrected chi connectivity index (χ2v) is 5.85. The van der Waals surface area contributed by atoms with Crippen LogP contribution in [0.2, 0.25) is 0 Å². The van der Waals surface area contributed by atoms with Gasteiger partial charge < -0.3 is 14.8 Å². The van der Waals surface area contributed by atoms with Gasteiger partial charge in [-0.05, 0) is 18.4 Å². The van der Waals surface area contributed by atoms with Gasteiger partial charge in [0.25, 0.3) is 0 Å². The van der Waals surface area contributed by atoms with Gasteiger partial charge in [-0.2, -0.15) is 0 Å². The van der Waals surface area contributed by atoms with Crippen LogP contribution in [0.1, 0.15) is 13.3 Å². The summed E-state index contributed by atoms with van der Waals surface area (Å²) in [5.74, 6) is 0. The molecule has 3 saturated heterocycles. The second-order valence-electron chi connectivity index (χ2n) is 5.85. The van der Waals surface area contributed by atoms with Crippen molar-refractivity contribution in [2.24, 2.45) is 5.41 Å². The largest absolute Gasteiger partial charge is 0.376 e. The third-order valence-electron chi connectivity index (χ3n) is 3.98. The molecule has 4 nitrogen and oxygen atoms in total. The molecule has 1 N–H and O–H groups in total. The number of morpholine rings is 1. The van der Waals surface area contributed by atoms with Crippen LogP contribution < -0.4 is 5.32 Å². The highest BCUT2D eigenvalue weighted by Crippen LogP contribution is 2.28. The highest BCUT2D eigenvalue weighted by molar-refractivity contribution is 4.90. The average Bonchev–Trinajstić information content (AvgIpc) is 2.64. The van der Waals surface area contributed by atoms with Crippen molar-refractivity contribution in [2.45, 2.75) is 25.6 Å². The Kier molecular flexibility index (Phi) is 2.92. The lowest BCUT2D eigenvalue weighted by molar-refractivity contribution is -0.182. The van der Waals surface area contributed by atoms with Crippen LogP contribution in [0.25, 0.3) is 0 Å². The molecule has 0 spiro atoms. The standard InChI is InChI=1S/C12H22N2O2/c1-12(2-3-13-8-12)9-14-4-10-6-15-7-11(5-14)16-10/h10-11,13H,2-9H2,1H3. The average molecular weight is 226 g/mol. The zero-order valence-corrected chi connectivity index (χ0v) is 10.1. The number of nitrogens with one attached hydrogen (secondary N) is 1. The lowest BCUT2D eigenvalue weighted by Crippen LogP contribution is -2.56. The molecule has 2 bridgehead atoms. The smallest absolute Gasteiger partial charge is 0.0940 e. The van der Waals surface area contributed by atoms with Crippen LogP contribution >= 0.6 is 0 Å². The van der Waals surface area contributed by atoms with E-state index in [1.54, 1.807) is 0 Å². The van der Waals surface area contributed by atoms with Crippen molar-refractivity contribution in [1.29, 1.82) is 0 Å². The number of fused-ring (bicyclic) bond motifs is 2. The van der Waals surface area contributed by atoms with Crippen molar-refractivity contribution < 1.29 is 9.47 Å². The first-order valence-corrected chi connectivity index (χ1v) is 6.40. The second kappa shape index (κ2) is 4.26. The Morgan fingerprint density at radius 2 is 2.06 bits per heavy atom. The molecule has 0 aliphatic carbocycles. The van der Waals surface area contributed by atoms with E-state index in [0.29, 0.717) is 17.6 Å². The first kappa shape index (κ1) is 11.0. The molecule has 0 aromatic rings. The maximum Gasteiger partial charge on any atom is 0.0940 e. The van der Waals surface area contributed by atoms with E-state index in [2.05, 4.69) is 17.1 Å². The summed E-state index contributed by atoms with van der Waals surface area (Å²) in [6.07, 6.45) is 1.92. The number of rotatable bonds is 2. The van der Waals surface area contributed by atoms with Crippen molar-refractivity contribution in [3.63, 3.8) is 0 Å². The van der Waals surface area contributed by atoms with Gasteiger partial charge in [0.2, 0.25) is 0 Å². The number of hydrogen-bond acceptors (Lipinski definition) is 4. The fourth-order valence-corrected chi connectivity index (χ4v) is 3.20. The van der Waals surface area contributed by atoms with E-state index in [9.17, 15) is 0 Å². The molecule has 92 valence electrons. The molecule has 0 saturated carbocycles. The third-order valence-corrected chi connectivity index (χ3v) is 3.98. The van der Waals surface area contributed by atoms with Gasteiger partial charge in [-0.25, -0.2) is 0 Å². The Morgan fingerprint density at radius 1 is 1.31 bits per heavy atom. The summed E-state index contributed by atoms with van der Waals surface area (Å²) >= 11 is 0. The molecule has 0 amide bonds. The van der Waals surface area contributed by atoms with Crippen molar-refractivity contribution in [1.82, 2.24) is 10.2 Å². The Bertz CT molecular complexity index is 241. The fourth-order valence-electron chi connectivity index (χ4n) is 3.20. The van der Waals surface area contributed by atoms with Crippen LogP contribution in [0, 0.1) is 5.41 Å². The van der Waals surface area contributed by atoms with Crippen LogP contribution in [0.15, 0.2) is 0 Å². The van der Waals surface area contributed by atoms with Gasteiger partial charge in [-0.1, -0.05) is 6.92 Å². The van der Waals surface area contributed by atoms with Gasteiger partial charge in [0.15, 0.2) is 0 Å². The van der Waals surface area contributed by atoms with Gasteiger partial charge in [-0.15, -0.1) is 0 Å². The van der Waals surface area contributed by atoms with E-state index >= 15 is 0 Å². The van der Waals surface area contributed by atoms with E-state index in [1.807, 2.05) is 0 Å². The normalized spacial score (nSPS) is 44.8. The SMILES string of the molecule is CC1(CN2CC3COCC(C2)O3)CCNC1. The van der Waals surface area contributed by atoms with Crippen LogP contribution in [0.3, 0.4) is 0 Å². The van der Waals surface area contributed by atoms with Crippen LogP contribution in [0.4, 0.5) is 0 Å². The molecular weight excluding hydrogens is 204 g/mol. The third kappa shape index (κ3) is 2.25. The molecule has 3 atom stereocenters. The quantitative estimate of drug-likeness (QED) is 0.723. The molecule has 16 heavy (non-hydrogen) atoms. The van der Waals surface area contributed by atoms with Crippen molar-refractivity contribution in [3.05, 3.63) is 0 Å². The summed E-state index contributed by atoms with van der Waals surface area (Å²) in [6, 6.07) is 0. The van der Waals surface area contributed by atoms with Gasteiger partial charge >= 0.3 is 0 Å². The summed E-state index contributed by atoms with van der Waals surface area (Å²) in [5.41, 5.74) is 0.465. The van der Waals surface area contributed by atoms with Gasteiger partial charge in [0, 0.05) is 26.2 Å². The first-order chi connectivity index (χ1) is 7.73. The van der Waals surface area contributed by atoms with Crippen LogP contribution in [0.5, 0.6) is 0 Å². The zero-order chi connectivity index (χ0) is 11.0. The lowest BCUT2D eigenvalue weighted by atomic mass is 9.88. The van der Waals surface area contributed by atoms with Gasteiger partial charge in [0.1, 0.15) is 0 Å². The number of hydrogen-bond donors (Lipinski definition) is 1. The fraction of sp³-hybridized carbons (Fsp3) is 1.00. The zero-order valence-electron chi connectivity index (χ0n) is 10.1. The summed E-state index contributed by atoms with van der Waals surface area (Å²) < 4.78 is 11.4. The maximum atomic E-state index is 5.87. The van der Waals surface area contributed by atoms with Gasteiger partial charge in [-0.3, -0.25) is 4.90 Å². The van der Waals surface area contributed by atoms with E-state index in [0.717, 1.165) is 32.8 Å². The summed E-state index contributed by atoms with van der Waals surface area (Å²) in [5, 5.41) is 3.47.